The molecule has 1 unspecified atom stereocenters. The predicted molar refractivity (Wildman–Crippen MR) is 89.7 cm³/mol. The summed E-state index contributed by atoms with van der Waals surface area (Å²) in [6.45, 7) is 7.74. The van der Waals surface area contributed by atoms with E-state index in [-0.39, 0.29) is 0 Å². The van der Waals surface area contributed by atoms with Gasteiger partial charge in [0.1, 0.15) is 6.10 Å². The molecule has 0 aliphatic carbocycles. The van der Waals surface area contributed by atoms with E-state index >= 15 is 0 Å². The lowest BCUT2D eigenvalue weighted by Gasteiger charge is -2.13. The van der Waals surface area contributed by atoms with Crippen LogP contribution in [-0.2, 0) is 4.74 Å². The van der Waals surface area contributed by atoms with Gasteiger partial charge in [-0.3, -0.25) is 0 Å². The monoisotopic (exact) mass is 292 g/mol. The van der Waals surface area contributed by atoms with Crippen molar-refractivity contribution in [3.63, 3.8) is 0 Å². The predicted octanol–water partition coefficient (Wildman–Crippen LogP) is 5.22. The van der Waals surface area contributed by atoms with Crippen molar-refractivity contribution in [2.45, 2.75) is 71.3 Å². The summed E-state index contributed by atoms with van der Waals surface area (Å²) in [4.78, 5) is 0. The Bertz CT molecular complexity index is 356. The molecule has 1 aromatic rings. The summed E-state index contributed by atoms with van der Waals surface area (Å²) in [5.41, 5.74) is 2.25. The molecule has 0 amide bonds. The zero-order valence-electron chi connectivity index (χ0n) is 14.0. The van der Waals surface area contributed by atoms with Crippen LogP contribution in [0.15, 0.2) is 24.3 Å². The molecule has 1 atom stereocenters. The molecule has 0 saturated heterocycles. The van der Waals surface area contributed by atoms with E-state index in [1.54, 1.807) is 0 Å². The zero-order chi connectivity index (χ0) is 15.5. The molecule has 120 valence electrons. The first-order valence-electron chi connectivity index (χ1n) is 8.50. The summed E-state index contributed by atoms with van der Waals surface area (Å²) < 4.78 is 5.58. The Hall–Kier alpha value is -0.860. The highest BCUT2D eigenvalue weighted by Gasteiger charge is 2.08. The van der Waals surface area contributed by atoms with Crippen LogP contribution in [0.3, 0.4) is 0 Å². The van der Waals surface area contributed by atoms with Gasteiger partial charge < -0.3 is 9.84 Å². The van der Waals surface area contributed by atoms with Crippen LogP contribution in [0.5, 0.6) is 0 Å². The largest absolute Gasteiger partial charge is 0.386 e. The lowest BCUT2D eigenvalue weighted by atomic mass is 10.0. The average Bonchev–Trinajstić information content (AvgIpc) is 2.49. The topological polar surface area (TPSA) is 29.5 Å². The van der Waals surface area contributed by atoms with Crippen LogP contribution in [0, 0.1) is 0 Å². The van der Waals surface area contributed by atoms with Gasteiger partial charge in [-0.15, -0.1) is 0 Å². The number of unbranched alkanes of at least 4 members (excludes halogenated alkanes) is 5. The SMILES string of the molecule is CCCCCCCCOCC(O)c1ccc(C(C)C)cc1. The number of rotatable bonds is 11. The molecule has 2 heteroatoms. The fraction of sp³-hybridized carbons (Fsp3) is 0.684. The number of hydrogen-bond donors (Lipinski definition) is 1. The molecular formula is C19H32O2. The highest BCUT2D eigenvalue weighted by atomic mass is 16.5. The molecule has 21 heavy (non-hydrogen) atoms. The Balaban J connectivity index is 2.14. The van der Waals surface area contributed by atoms with Crippen molar-refractivity contribution in [1.29, 1.82) is 0 Å². The van der Waals surface area contributed by atoms with Crippen molar-refractivity contribution >= 4 is 0 Å². The van der Waals surface area contributed by atoms with E-state index in [9.17, 15) is 5.11 Å². The molecule has 0 fully saturated rings. The lowest BCUT2D eigenvalue weighted by Crippen LogP contribution is -2.08. The van der Waals surface area contributed by atoms with Crippen molar-refractivity contribution in [2.24, 2.45) is 0 Å². The van der Waals surface area contributed by atoms with Crippen molar-refractivity contribution in [3.05, 3.63) is 35.4 Å². The van der Waals surface area contributed by atoms with Gasteiger partial charge in [-0.05, 0) is 23.5 Å². The zero-order valence-corrected chi connectivity index (χ0v) is 14.0. The summed E-state index contributed by atoms with van der Waals surface area (Å²) in [5.74, 6) is 0.528. The Labute approximate surface area is 130 Å². The van der Waals surface area contributed by atoms with E-state index in [2.05, 4.69) is 32.9 Å². The molecule has 2 nitrogen and oxygen atoms in total. The van der Waals surface area contributed by atoms with Crippen LogP contribution in [0.4, 0.5) is 0 Å². The van der Waals surface area contributed by atoms with Crippen LogP contribution in [0.25, 0.3) is 0 Å². The van der Waals surface area contributed by atoms with Crippen LogP contribution in [0.2, 0.25) is 0 Å². The number of aliphatic hydroxyl groups is 1. The third-order valence-electron chi connectivity index (χ3n) is 3.91. The minimum absolute atomic E-state index is 0.399. The van der Waals surface area contributed by atoms with Crippen LogP contribution >= 0.6 is 0 Å². The second-order valence-corrected chi connectivity index (χ2v) is 6.18. The van der Waals surface area contributed by atoms with Crippen molar-refractivity contribution in [2.75, 3.05) is 13.2 Å². The van der Waals surface area contributed by atoms with Gasteiger partial charge >= 0.3 is 0 Å². The highest BCUT2D eigenvalue weighted by Crippen LogP contribution is 2.19. The fourth-order valence-corrected chi connectivity index (χ4v) is 2.38. The van der Waals surface area contributed by atoms with Gasteiger partial charge in [-0.2, -0.15) is 0 Å². The van der Waals surface area contributed by atoms with Gasteiger partial charge in [0.05, 0.1) is 6.61 Å². The van der Waals surface area contributed by atoms with Gasteiger partial charge in [-0.25, -0.2) is 0 Å². The summed E-state index contributed by atoms with van der Waals surface area (Å²) in [5, 5.41) is 10.1. The second kappa shape index (κ2) is 10.8. The second-order valence-electron chi connectivity index (χ2n) is 6.18. The van der Waals surface area contributed by atoms with Gasteiger partial charge in [0.15, 0.2) is 0 Å². The van der Waals surface area contributed by atoms with Crippen molar-refractivity contribution < 1.29 is 9.84 Å². The highest BCUT2D eigenvalue weighted by molar-refractivity contribution is 5.26. The molecule has 0 saturated carbocycles. The maximum Gasteiger partial charge on any atom is 0.102 e. The smallest absolute Gasteiger partial charge is 0.102 e. The maximum atomic E-state index is 10.1. The first kappa shape index (κ1) is 18.2. The summed E-state index contributed by atoms with van der Waals surface area (Å²) in [7, 11) is 0. The van der Waals surface area contributed by atoms with Gasteiger partial charge in [-0.1, -0.05) is 77.1 Å². The molecule has 0 spiro atoms. The Morgan fingerprint density at radius 2 is 1.48 bits per heavy atom. The minimum atomic E-state index is -0.508. The standard InChI is InChI=1S/C19H32O2/c1-4-5-6-7-8-9-14-21-15-19(20)18-12-10-17(11-13-18)16(2)3/h10-13,16,19-20H,4-9,14-15H2,1-3H3. The minimum Gasteiger partial charge on any atom is -0.386 e. The van der Waals surface area contributed by atoms with E-state index in [0.29, 0.717) is 12.5 Å². The molecule has 1 rings (SSSR count). The first-order valence-corrected chi connectivity index (χ1v) is 8.50. The van der Waals surface area contributed by atoms with Gasteiger partial charge in [0, 0.05) is 6.61 Å². The first-order chi connectivity index (χ1) is 10.1. The third kappa shape index (κ3) is 7.63. The maximum absolute atomic E-state index is 10.1. The Morgan fingerprint density at radius 1 is 0.905 bits per heavy atom. The number of ether oxygens (including phenoxy) is 1. The quantitative estimate of drug-likeness (QED) is 0.567. The fourth-order valence-electron chi connectivity index (χ4n) is 2.38. The lowest BCUT2D eigenvalue weighted by molar-refractivity contribution is 0.0344. The Morgan fingerprint density at radius 3 is 2.10 bits per heavy atom. The summed E-state index contributed by atoms with van der Waals surface area (Å²) >= 11 is 0. The van der Waals surface area contributed by atoms with Gasteiger partial charge in [0.2, 0.25) is 0 Å². The number of benzene rings is 1. The third-order valence-corrected chi connectivity index (χ3v) is 3.91. The molecule has 0 aliphatic rings. The van der Waals surface area contributed by atoms with E-state index in [0.717, 1.165) is 18.6 Å². The summed E-state index contributed by atoms with van der Waals surface area (Å²) in [6, 6.07) is 8.20. The summed E-state index contributed by atoms with van der Waals surface area (Å²) in [6.07, 6.45) is 7.09. The average molecular weight is 292 g/mol. The molecule has 0 aliphatic heterocycles. The molecule has 0 aromatic heterocycles. The number of hydrogen-bond acceptors (Lipinski definition) is 2. The normalized spacial score (nSPS) is 12.8. The molecular weight excluding hydrogens is 260 g/mol. The van der Waals surface area contributed by atoms with Crippen LogP contribution in [0.1, 0.15) is 82.4 Å². The molecule has 0 bridgehead atoms. The van der Waals surface area contributed by atoms with E-state index in [1.165, 1.54) is 37.7 Å². The molecule has 1 N–H and O–H groups in total. The van der Waals surface area contributed by atoms with Gasteiger partial charge in [0.25, 0.3) is 0 Å². The van der Waals surface area contributed by atoms with E-state index in [1.807, 2.05) is 12.1 Å². The van der Waals surface area contributed by atoms with Crippen molar-refractivity contribution in [1.82, 2.24) is 0 Å². The Kier molecular flexibility index (Phi) is 9.36. The van der Waals surface area contributed by atoms with E-state index < -0.39 is 6.10 Å². The van der Waals surface area contributed by atoms with E-state index in [4.69, 9.17) is 4.74 Å². The number of aliphatic hydroxyl groups excluding tert-OH is 1. The van der Waals surface area contributed by atoms with Crippen LogP contribution < -0.4 is 0 Å². The van der Waals surface area contributed by atoms with Crippen LogP contribution in [-0.4, -0.2) is 18.3 Å². The molecule has 0 heterocycles. The van der Waals surface area contributed by atoms with Crippen molar-refractivity contribution in [3.8, 4) is 0 Å². The molecule has 1 aromatic carbocycles. The molecule has 0 radical (unpaired) electrons.